The van der Waals surface area contributed by atoms with Crippen LogP contribution in [0.5, 0.6) is 0 Å². The topological polar surface area (TPSA) is 79.0 Å². The summed E-state index contributed by atoms with van der Waals surface area (Å²) in [6.07, 6.45) is 0. The number of ether oxygens (including phenoxy) is 1. The highest BCUT2D eigenvalue weighted by molar-refractivity contribution is 7.89. The van der Waals surface area contributed by atoms with Crippen LogP contribution in [0, 0.1) is 11.8 Å². The Hall–Kier alpha value is -3.64. The summed E-state index contributed by atoms with van der Waals surface area (Å²) in [7, 11) is -0.771. The third-order valence-electron chi connectivity index (χ3n) is 5.59. The van der Waals surface area contributed by atoms with Gasteiger partial charge in [0.05, 0.1) is 23.7 Å². The van der Waals surface area contributed by atoms with E-state index in [9.17, 15) is 13.2 Å². The average Bonchev–Trinajstić information content (AvgIpc) is 2.88. The minimum atomic E-state index is -3.70. The molecular formula is C27H27N3O4S. The van der Waals surface area contributed by atoms with Gasteiger partial charge in [-0.15, -0.1) is 0 Å². The van der Waals surface area contributed by atoms with Gasteiger partial charge < -0.3 is 15.0 Å². The quantitative estimate of drug-likeness (QED) is 0.556. The number of carbonyl (C=O) groups excluding carboxylic acids is 1. The lowest BCUT2D eigenvalue weighted by atomic mass is 10.1. The molecule has 1 amide bonds. The molecule has 0 aromatic heterocycles. The van der Waals surface area contributed by atoms with Crippen LogP contribution >= 0.6 is 0 Å². The molecule has 0 radical (unpaired) electrons. The summed E-state index contributed by atoms with van der Waals surface area (Å²) in [5, 5.41) is 2.91. The third-order valence-corrected chi connectivity index (χ3v) is 7.40. The fourth-order valence-corrected chi connectivity index (χ4v) is 4.62. The second kappa shape index (κ2) is 10.7. The van der Waals surface area contributed by atoms with Crippen LogP contribution in [-0.4, -0.2) is 59.0 Å². The SMILES string of the molecule is CN(C)S(=O)(=O)c1ccc(N2CCOCC2)c(C(=O)Nc2cccc(C#Cc3ccccc3)c2)c1. The smallest absolute Gasteiger partial charge is 0.257 e. The molecule has 0 unspecified atom stereocenters. The Morgan fingerprint density at radius 3 is 2.31 bits per heavy atom. The van der Waals surface area contributed by atoms with Crippen molar-refractivity contribution < 1.29 is 17.9 Å². The van der Waals surface area contributed by atoms with Crippen LogP contribution in [0.15, 0.2) is 77.7 Å². The Kier molecular flexibility index (Phi) is 7.51. The molecule has 8 heteroatoms. The van der Waals surface area contributed by atoms with Crippen molar-refractivity contribution in [1.29, 1.82) is 0 Å². The van der Waals surface area contributed by atoms with E-state index in [1.165, 1.54) is 26.2 Å². The second-order valence-electron chi connectivity index (χ2n) is 8.22. The normalized spacial score (nSPS) is 13.7. The standard InChI is InChI=1S/C27H27N3O4S/c1-29(2)35(32,33)24-13-14-26(30-15-17-34-18-16-30)25(20-24)27(31)28-23-10-6-9-22(19-23)12-11-21-7-4-3-5-8-21/h3-10,13-14,19-20H,15-18H2,1-2H3,(H,28,31). The molecule has 3 aromatic rings. The van der Waals surface area contributed by atoms with E-state index in [2.05, 4.69) is 17.2 Å². The van der Waals surface area contributed by atoms with Crippen LogP contribution in [0.25, 0.3) is 0 Å². The first-order chi connectivity index (χ1) is 16.8. The summed E-state index contributed by atoms with van der Waals surface area (Å²) >= 11 is 0. The zero-order chi connectivity index (χ0) is 24.8. The van der Waals surface area contributed by atoms with Crippen molar-refractivity contribution in [3.63, 3.8) is 0 Å². The molecule has 35 heavy (non-hydrogen) atoms. The first-order valence-electron chi connectivity index (χ1n) is 11.2. The molecule has 7 nitrogen and oxygen atoms in total. The molecule has 180 valence electrons. The number of hydrogen-bond acceptors (Lipinski definition) is 5. The van der Waals surface area contributed by atoms with Gasteiger partial charge in [-0.05, 0) is 48.5 Å². The van der Waals surface area contributed by atoms with Crippen LogP contribution in [0.4, 0.5) is 11.4 Å². The maximum absolute atomic E-state index is 13.4. The Balaban J connectivity index is 1.64. The van der Waals surface area contributed by atoms with Gasteiger partial charge >= 0.3 is 0 Å². The third kappa shape index (κ3) is 5.89. The molecule has 0 spiro atoms. The van der Waals surface area contributed by atoms with Crippen molar-refractivity contribution in [2.45, 2.75) is 4.90 Å². The van der Waals surface area contributed by atoms with E-state index < -0.39 is 15.9 Å². The fraction of sp³-hybridized carbons (Fsp3) is 0.222. The van der Waals surface area contributed by atoms with Crippen LogP contribution in [0.2, 0.25) is 0 Å². The minimum absolute atomic E-state index is 0.0622. The number of carbonyl (C=O) groups is 1. The molecule has 1 fully saturated rings. The van der Waals surface area contributed by atoms with Crippen LogP contribution in [-0.2, 0) is 14.8 Å². The summed E-state index contributed by atoms with van der Waals surface area (Å²) < 4.78 is 32.0. The van der Waals surface area contributed by atoms with Crippen molar-refractivity contribution >= 4 is 27.3 Å². The largest absolute Gasteiger partial charge is 0.378 e. The highest BCUT2D eigenvalue weighted by atomic mass is 32.2. The number of amides is 1. The van der Waals surface area contributed by atoms with E-state index in [-0.39, 0.29) is 10.5 Å². The summed E-state index contributed by atoms with van der Waals surface area (Å²) in [6, 6.07) is 21.6. The summed E-state index contributed by atoms with van der Waals surface area (Å²) in [6.45, 7) is 2.32. The minimum Gasteiger partial charge on any atom is -0.378 e. The molecule has 1 saturated heterocycles. The fourth-order valence-electron chi connectivity index (χ4n) is 3.69. The van der Waals surface area contributed by atoms with Gasteiger partial charge in [0.15, 0.2) is 0 Å². The van der Waals surface area contributed by atoms with Gasteiger partial charge in [-0.2, -0.15) is 0 Å². The molecule has 0 aliphatic carbocycles. The molecule has 1 aliphatic heterocycles. The monoisotopic (exact) mass is 489 g/mol. The number of nitrogens with one attached hydrogen (secondary N) is 1. The first-order valence-corrected chi connectivity index (χ1v) is 12.7. The number of hydrogen-bond donors (Lipinski definition) is 1. The van der Waals surface area contributed by atoms with Gasteiger partial charge in [0.2, 0.25) is 10.0 Å². The van der Waals surface area contributed by atoms with Crippen molar-refractivity contribution in [1.82, 2.24) is 4.31 Å². The Labute approximate surface area is 206 Å². The Bertz CT molecular complexity index is 1370. The van der Waals surface area contributed by atoms with E-state index in [4.69, 9.17) is 4.74 Å². The predicted molar refractivity (Wildman–Crippen MR) is 137 cm³/mol. The predicted octanol–water partition coefficient (Wildman–Crippen LogP) is 3.43. The van der Waals surface area contributed by atoms with E-state index in [0.29, 0.717) is 37.7 Å². The maximum atomic E-state index is 13.4. The number of anilines is 2. The van der Waals surface area contributed by atoms with Gasteiger partial charge in [-0.3, -0.25) is 4.79 Å². The molecule has 1 heterocycles. The molecule has 3 aromatic carbocycles. The molecule has 0 atom stereocenters. The number of benzene rings is 3. The van der Waals surface area contributed by atoms with Crippen LogP contribution in [0.1, 0.15) is 21.5 Å². The average molecular weight is 490 g/mol. The van der Waals surface area contributed by atoms with Crippen molar-refractivity contribution in [2.24, 2.45) is 0 Å². The van der Waals surface area contributed by atoms with E-state index >= 15 is 0 Å². The molecule has 1 aliphatic rings. The van der Waals surface area contributed by atoms with Crippen molar-refractivity contribution in [2.75, 3.05) is 50.6 Å². The highest BCUT2D eigenvalue weighted by Gasteiger charge is 2.24. The lowest BCUT2D eigenvalue weighted by Gasteiger charge is -2.30. The highest BCUT2D eigenvalue weighted by Crippen LogP contribution is 2.27. The molecule has 0 saturated carbocycles. The van der Waals surface area contributed by atoms with Crippen molar-refractivity contribution in [3.05, 3.63) is 89.5 Å². The molecular weight excluding hydrogens is 462 g/mol. The molecule has 0 bridgehead atoms. The van der Waals surface area contributed by atoms with E-state index in [1.54, 1.807) is 18.2 Å². The summed E-state index contributed by atoms with van der Waals surface area (Å²) in [5.74, 6) is 5.82. The second-order valence-corrected chi connectivity index (χ2v) is 10.4. The summed E-state index contributed by atoms with van der Waals surface area (Å²) in [5.41, 5.74) is 3.18. The van der Waals surface area contributed by atoms with Crippen molar-refractivity contribution in [3.8, 4) is 11.8 Å². The summed E-state index contributed by atoms with van der Waals surface area (Å²) in [4.78, 5) is 15.5. The number of morpholine rings is 1. The molecule has 4 rings (SSSR count). The van der Waals surface area contributed by atoms with Gasteiger partial charge in [0.1, 0.15) is 0 Å². The number of rotatable bonds is 5. The lowest BCUT2D eigenvalue weighted by molar-refractivity contribution is 0.102. The zero-order valence-electron chi connectivity index (χ0n) is 19.7. The number of sulfonamides is 1. The first kappa shape index (κ1) is 24.5. The van der Waals surface area contributed by atoms with Crippen LogP contribution in [0.3, 0.4) is 0 Å². The van der Waals surface area contributed by atoms with Gasteiger partial charge in [-0.25, -0.2) is 12.7 Å². The van der Waals surface area contributed by atoms with Gasteiger partial charge in [0.25, 0.3) is 5.91 Å². The van der Waals surface area contributed by atoms with Gasteiger partial charge in [0, 0.05) is 49.7 Å². The Morgan fingerprint density at radius 2 is 1.60 bits per heavy atom. The lowest BCUT2D eigenvalue weighted by Crippen LogP contribution is -2.37. The molecule has 1 N–H and O–H groups in total. The Morgan fingerprint density at radius 1 is 0.914 bits per heavy atom. The van der Waals surface area contributed by atoms with Crippen LogP contribution < -0.4 is 10.2 Å². The van der Waals surface area contributed by atoms with E-state index in [0.717, 1.165) is 15.4 Å². The number of nitrogens with zero attached hydrogens (tertiary/aromatic N) is 2. The van der Waals surface area contributed by atoms with E-state index in [1.807, 2.05) is 47.4 Å². The maximum Gasteiger partial charge on any atom is 0.257 e. The zero-order valence-corrected chi connectivity index (χ0v) is 20.5. The van der Waals surface area contributed by atoms with Gasteiger partial charge in [-0.1, -0.05) is 36.1 Å².